The molecule has 2 N–H and O–H groups in total. The number of rotatable bonds is 3. The number of amides is 1. The largest absolute Gasteiger partial charge is 0.398 e. The van der Waals surface area contributed by atoms with Crippen LogP contribution in [0.15, 0.2) is 42.5 Å². The first-order valence-corrected chi connectivity index (χ1v) is 6.62. The number of benzene rings is 2. The number of hydrogen-bond acceptors (Lipinski definition) is 3. The van der Waals surface area contributed by atoms with Crippen molar-refractivity contribution in [2.24, 2.45) is 0 Å². The van der Waals surface area contributed by atoms with Gasteiger partial charge in [-0.25, -0.2) is 0 Å². The zero-order valence-corrected chi connectivity index (χ0v) is 12.1. The number of nitrogens with two attached hydrogens (primary N) is 1. The molecule has 0 aliphatic rings. The summed E-state index contributed by atoms with van der Waals surface area (Å²) in [6, 6.07) is 14.7. The number of nitrogens with zero attached hydrogens (tertiary/aromatic N) is 2. The Morgan fingerprint density at radius 1 is 1.24 bits per heavy atom. The van der Waals surface area contributed by atoms with Gasteiger partial charge >= 0.3 is 0 Å². The third kappa shape index (κ3) is 3.21. The van der Waals surface area contributed by atoms with Gasteiger partial charge in [0.05, 0.1) is 17.2 Å². The molecule has 1 amide bonds. The summed E-state index contributed by atoms with van der Waals surface area (Å²) in [7, 11) is 1.74. The summed E-state index contributed by atoms with van der Waals surface area (Å²) in [5.41, 5.74) is 9.39. The molecule has 21 heavy (non-hydrogen) atoms. The molecule has 106 valence electrons. The van der Waals surface area contributed by atoms with Gasteiger partial charge < -0.3 is 10.6 Å². The fraction of sp³-hybridized carbons (Fsp3) is 0.176. The molecule has 0 spiro atoms. The number of nitriles is 1. The Labute approximate surface area is 124 Å². The molecule has 2 aromatic rings. The van der Waals surface area contributed by atoms with Crippen LogP contribution in [0.2, 0.25) is 0 Å². The Hall–Kier alpha value is -2.80. The molecule has 4 heteroatoms. The lowest BCUT2D eigenvalue weighted by Crippen LogP contribution is -2.27. The van der Waals surface area contributed by atoms with E-state index in [4.69, 9.17) is 11.0 Å². The molecule has 0 aliphatic carbocycles. The number of anilines is 1. The van der Waals surface area contributed by atoms with E-state index in [1.807, 2.05) is 31.2 Å². The van der Waals surface area contributed by atoms with Crippen LogP contribution in [0.3, 0.4) is 0 Å². The summed E-state index contributed by atoms with van der Waals surface area (Å²) in [4.78, 5) is 14.1. The predicted octanol–water partition coefficient (Wildman–Crippen LogP) is 2.72. The topological polar surface area (TPSA) is 70.1 Å². The quantitative estimate of drug-likeness (QED) is 0.878. The second kappa shape index (κ2) is 6.10. The third-order valence-corrected chi connectivity index (χ3v) is 3.37. The Balaban J connectivity index is 2.18. The van der Waals surface area contributed by atoms with Crippen LogP contribution >= 0.6 is 0 Å². The van der Waals surface area contributed by atoms with Crippen LogP contribution in [0.4, 0.5) is 5.69 Å². The van der Waals surface area contributed by atoms with Crippen molar-refractivity contribution in [1.29, 1.82) is 5.26 Å². The molecule has 0 radical (unpaired) electrons. The minimum atomic E-state index is -0.102. The fourth-order valence-electron chi connectivity index (χ4n) is 2.20. The lowest BCUT2D eigenvalue weighted by molar-refractivity contribution is 0.0785. The van der Waals surface area contributed by atoms with Gasteiger partial charge in [0.2, 0.25) is 0 Å². The van der Waals surface area contributed by atoms with Gasteiger partial charge in [-0.2, -0.15) is 5.26 Å². The van der Waals surface area contributed by atoms with Crippen molar-refractivity contribution in [3.8, 4) is 6.07 Å². The van der Waals surface area contributed by atoms with Gasteiger partial charge in [-0.15, -0.1) is 0 Å². The van der Waals surface area contributed by atoms with Crippen LogP contribution in [0.5, 0.6) is 0 Å². The number of nitrogen functional groups attached to an aromatic ring is 1. The van der Waals surface area contributed by atoms with Crippen LogP contribution in [0.25, 0.3) is 0 Å². The van der Waals surface area contributed by atoms with Crippen molar-refractivity contribution < 1.29 is 4.79 Å². The highest BCUT2D eigenvalue weighted by molar-refractivity contribution is 6.00. The summed E-state index contributed by atoms with van der Waals surface area (Å²) >= 11 is 0. The van der Waals surface area contributed by atoms with Crippen LogP contribution in [-0.4, -0.2) is 17.9 Å². The van der Waals surface area contributed by atoms with Gasteiger partial charge in [-0.1, -0.05) is 24.3 Å². The molecule has 0 fully saturated rings. The van der Waals surface area contributed by atoms with Gasteiger partial charge in [0.15, 0.2) is 0 Å². The number of carbonyl (C=O) groups is 1. The second-order valence-electron chi connectivity index (χ2n) is 5.01. The smallest absolute Gasteiger partial charge is 0.256 e. The Morgan fingerprint density at radius 2 is 1.90 bits per heavy atom. The van der Waals surface area contributed by atoms with E-state index < -0.39 is 0 Å². The molecule has 4 nitrogen and oxygen atoms in total. The molecule has 2 aromatic carbocycles. The predicted molar refractivity (Wildman–Crippen MR) is 82.5 cm³/mol. The van der Waals surface area contributed by atoms with Gasteiger partial charge in [0, 0.05) is 19.3 Å². The third-order valence-electron chi connectivity index (χ3n) is 3.37. The van der Waals surface area contributed by atoms with Crippen molar-refractivity contribution in [3.05, 3.63) is 64.7 Å². The van der Waals surface area contributed by atoms with Gasteiger partial charge in [-0.3, -0.25) is 4.79 Å². The average Bonchev–Trinajstić information content (AvgIpc) is 2.47. The molecule has 0 aliphatic heterocycles. The van der Waals surface area contributed by atoms with E-state index in [-0.39, 0.29) is 5.91 Å². The SMILES string of the molecule is Cc1cccc(N)c1C(=O)N(C)Cc1ccc(C#N)cc1. The molecule has 0 bridgehead atoms. The van der Waals surface area contributed by atoms with Crippen LogP contribution in [0.1, 0.15) is 27.0 Å². The minimum absolute atomic E-state index is 0.102. The van der Waals surface area contributed by atoms with Gasteiger partial charge in [0.1, 0.15) is 0 Å². The van der Waals surface area contributed by atoms with Crippen molar-refractivity contribution >= 4 is 11.6 Å². The lowest BCUT2D eigenvalue weighted by atomic mass is 10.1. The Kier molecular flexibility index (Phi) is 4.24. The maximum Gasteiger partial charge on any atom is 0.256 e. The molecule has 0 heterocycles. The van der Waals surface area contributed by atoms with E-state index >= 15 is 0 Å². The molecular formula is C17H17N3O. The maximum absolute atomic E-state index is 12.5. The average molecular weight is 279 g/mol. The molecule has 0 saturated carbocycles. The van der Waals surface area contributed by atoms with E-state index in [2.05, 4.69) is 6.07 Å². The van der Waals surface area contributed by atoms with E-state index in [1.165, 1.54) is 0 Å². The highest BCUT2D eigenvalue weighted by Gasteiger charge is 2.17. The van der Waals surface area contributed by atoms with Crippen molar-refractivity contribution in [2.45, 2.75) is 13.5 Å². The van der Waals surface area contributed by atoms with Gasteiger partial charge in [-0.05, 0) is 36.2 Å². The number of hydrogen-bond donors (Lipinski definition) is 1. The van der Waals surface area contributed by atoms with Crippen molar-refractivity contribution in [1.82, 2.24) is 4.90 Å². The summed E-state index contributed by atoms with van der Waals surface area (Å²) in [6.45, 7) is 2.34. The highest BCUT2D eigenvalue weighted by atomic mass is 16.2. The molecule has 0 atom stereocenters. The highest BCUT2D eigenvalue weighted by Crippen LogP contribution is 2.19. The molecule has 0 saturated heterocycles. The number of carbonyl (C=O) groups excluding carboxylic acids is 1. The van der Waals surface area contributed by atoms with Gasteiger partial charge in [0.25, 0.3) is 5.91 Å². The van der Waals surface area contributed by atoms with E-state index in [9.17, 15) is 4.79 Å². The molecule has 0 aromatic heterocycles. The van der Waals surface area contributed by atoms with E-state index in [0.29, 0.717) is 23.4 Å². The normalized spacial score (nSPS) is 9.95. The Morgan fingerprint density at radius 3 is 2.48 bits per heavy atom. The van der Waals surface area contributed by atoms with E-state index in [0.717, 1.165) is 11.1 Å². The minimum Gasteiger partial charge on any atom is -0.398 e. The van der Waals surface area contributed by atoms with E-state index in [1.54, 1.807) is 30.1 Å². The summed E-state index contributed by atoms with van der Waals surface area (Å²) < 4.78 is 0. The fourth-order valence-corrected chi connectivity index (χ4v) is 2.20. The van der Waals surface area contributed by atoms with Crippen molar-refractivity contribution in [3.63, 3.8) is 0 Å². The van der Waals surface area contributed by atoms with Crippen LogP contribution in [-0.2, 0) is 6.54 Å². The summed E-state index contributed by atoms with van der Waals surface area (Å²) in [6.07, 6.45) is 0. The first-order chi connectivity index (χ1) is 10.0. The molecular weight excluding hydrogens is 262 g/mol. The zero-order valence-electron chi connectivity index (χ0n) is 12.1. The van der Waals surface area contributed by atoms with Crippen LogP contribution in [0, 0.1) is 18.3 Å². The molecule has 2 rings (SSSR count). The molecule has 0 unspecified atom stereocenters. The first kappa shape index (κ1) is 14.6. The monoisotopic (exact) mass is 279 g/mol. The first-order valence-electron chi connectivity index (χ1n) is 6.62. The Bertz CT molecular complexity index is 679. The second-order valence-corrected chi connectivity index (χ2v) is 5.01. The number of aryl methyl sites for hydroxylation is 1. The standard InChI is InChI=1S/C17H17N3O/c1-12-4-3-5-15(19)16(12)17(21)20(2)11-14-8-6-13(10-18)7-9-14/h3-9H,11,19H2,1-2H3. The zero-order chi connectivity index (χ0) is 15.4. The van der Waals surface area contributed by atoms with Crippen LogP contribution < -0.4 is 5.73 Å². The lowest BCUT2D eigenvalue weighted by Gasteiger charge is -2.19. The maximum atomic E-state index is 12.5. The summed E-state index contributed by atoms with van der Waals surface area (Å²) in [5.74, 6) is -0.102. The van der Waals surface area contributed by atoms with Crippen molar-refractivity contribution in [2.75, 3.05) is 12.8 Å². The summed E-state index contributed by atoms with van der Waals surface area (Å²) in [5, 5.41) is 8.78.